The van der Waals surface area contributed by atoms with Gasteiger partial charge >= 0.3 is 0 Å². The van der Waals surface area contributed by atoms with Crippen molar-refractivity contribution in [2.45, 2.75) is 25.8 Å². The van der Waals surface area contributed by atoms with Crippen molar-refractivity contribution in [3.05, 3.63) is 48.8 Å². The molecule has 5 heterocycles. The van der Waals surface area contributed by atoms with Gasteiger partial charge in [0.1, 0.15) is 5.65 Å². The van der Waals surface area contributed by atoms with Crippen molar-refractivity contribution in [2.24, 2.45) is 0 Å². The Balaban J connectivity index is 1.58. The molecule has 1 saturated heterocycles. The fourth-order valence-electron chi connectivity index (χ4n) is 3.56. The second-order valence-corrected chi connectivity index (χ2v) is 6.62. The lowest BCUT2D eigenvalue weighted by molar-refractivity contribution is 0.0662. The van der Waals surface area contributed by atoms with Gasteiger partial charge in [0.25, 0.3) is 0 Å². The molecule has 0 aromatic carbocycles. The van der Waals surface area contributed by atoms with E-state index in [1.807, 2.05) is 30.9 Å². The van der Waals surface area contributed by atoms with Gasteiger partial charge < -0.3 is 9.14 Å². The van der Waals surface area contributed by atoms with E-state index in [9.17, 15) is 0 Å². The van der Waals surface area contributed by atoms with Crippen molar-refractivity contribution >= 4 is 16.6 Å². The highest BCUT2D eigenvalue weighted by Crippen LogP contribution is 2.27. The van der Waals surface area contributed by atoms with Crippen molar-refractivity contribution in [2.75, 3.05) is 13.2 Å². The van der Waals surface area contributed by atoms with Crippen LogP contribution in [0.5, 0.6) is 0 Å². The van der Waals surface area contributed by atoms with Gasteiger partial charge in [-0.05, 0) is 31.9 Å². The quantitative estimate of drug-likeness (QED) is 0.564. The van der Waals surface area contributed by atoms with Crippen LogP contribution in [0.3, 0.4) is 0 Å². The lowest BCUT2D eigenvalue weighted by Crippen LogP contribution is -2.19. The van der Waals surface area contributed by atoms with E-state index in [0.29, 0.717) is 6.04 Å². The number of hydrogen-bond donors (Lipinski definition) is 0. The molecule has 0 atom stereocenters. The minimum Gasteiger partial charge on any atom is -0.381 e. The monoisotopic (exact) mass is 333 g/mol. The van der Waals surface area contributed by atoms with Crippen molar-refractivity contribution in [1.29, 1.82) is 0 Å². The molecular weight excluding hydrogens is 314 g/mol. The van der Waals surface area contributed by atoms with Gasteiger partial charge in [0.2, 0.25) is 0 Å². The maximum atomic E-state index is 5.44. The zero-order valence-electron chi connectivity index (χ0n) is 14.1. The number of rotatable bonds is 2. The van der Waals surface area contributed by atoms with E-state index < -0.39 is 0 Å². The third-order valence-corrected chi connectivity index (χ3v) is 5.02. The minimum absolute atomic E-state index is 0.428. The molecule has 0 amide bonds. The molecule has 5 rings (SSSR count). The maximum absolute atomic E-state index is 5.44. The third kappa shape index (κ3) is 2.41. The Labute approximate surface area is 145 Å². The van der Waals surface area contributed by atoms with Crippen LogP contribution in [0.15, 0.2) is 43.1 Å². The first-order valence-corrected chi connectivity index (χ1v) is 8.64. The van der Waals surface area contributed by atoms with E-state index in [0.717, 1.165) is 59.4 Å². The van der Waals surface area contributed by atoms with Gasteiger partial charge in [-0.25, -0.2) is 4.98 Å². The molecule has 6 nitrogen and oxygen atoms in total. The average Bonchev–Trinajstić information content (AvgIpc) is 3.30. The Morgan fingerprint density at radius 1 is 1.08 bits per heavy atom. The summed E-state index contributed by atoms with van der Waals surface area (Å²) in [5.41, 5.74) is 5.18. The molecular formula is C19H19N5O. The molecule has 126 valence electrons. The largest absolute Gasteiger partial charge is 0.381 e. The summed E-state index contributed by atoms with van der Waals surface area (Å²) in [6, 6.07) is 4.62. The minimum atomic E-state index is 0.428. The van der Waals surface area contributed by atoms with E-state index in [-0.39, 0.29) is 0 Å². The summed E-state index contributed by atoms with van der Waals surface area (Å²) in [7, 11) is 0. The highest BCUT2D eigenvalue weighted by molar-refractivity contribution is 5.94. The normalized spacial score (nSPS) is 16.0. The lowest BCUT2D eigenvalue weighted by Gasteiger charge is -2.22. The Morgan fingerprint density at radius 2 is 1.96 bits per heavy atom. The number of aryl methyl sites for hydroxylation is 1. The van der Waals surface area contributed by atoms with Gasteiger partial charge in [-0.3, -0.25) is 9.67 Å². The molecule has 0 spiro atoms. The predicted octanol–water partition coefficient (Wildman–Crippen LogP) is 3.41. The molecule has 0 unspecified atom stereocenters. The number of hydrogen-bond acceptors (Lipinski definition) is 4. The Bertz CT molecular complexity index is 1060. The van der Waals surface area contributed by atoms with Crippen molar-refractivity contribution < 1.29 is 4.74 Å². The second kappa shape index (κ2) is 5.67. The maximum Gasteiger partial charge on any atom is 0.146 e. The van der Waals surface area contributed by atoms with Gasteiger partial charge in [-0.1, -0.05) is 0 Å². The van der Waals surface area contributed by atoms with Gasteiger partial charge in [0.05, 0.1) is 17.8 Å². The number of fused-ring (bicyclic) bond motifs is 3. The predicted molar refractivity (Wildman–Crippen MR) is 95.5 cm³/mol. The summed E-state index contributed by atoms with van der Waals surface area (Å²) in [5, 5.41) is 5.64. The lowest BCUT2D eigenvalue weighted by atomic mass is 10.1. The van der Waals surface area contributed by atoms with Crippen LogP contribution in [-0.4, -0.2) is 37.4 Å². The first-order chi connectivity index (χ1) is 12.3. The molecule has 4 aromatic heterocycles. The molecule has 0 saturated carbocycles. The average molecular weight is 333 g/mol. The SMILES string of the molecule is Cc1cnc2c3cc(-c4cnn(C5CCOCC5)c4)cnc3ccn12. The molecule has 4 aromatic rings. The van der Waals surface area contributed by atoms with Gasteiger partial charge in [-0.15, -0.1) is 0 Å². The number of aromatic nitrogens is 5. The first kappa shape index (κ1) is 14.6. The van der Waals surface area contributed by atoms with Crippen LogP contribution in [0.2, 0.25) is 0 Å². The molecule has 0 aliphatic carbocycles. The zero-order valence-corrected chi connectivity index (χ0v) is 14.1. The standard InChI is InChI=1S/C19H19N5O/c1-13-9-21-19-17-8-14(10-20-18(17)2-5-23(13)19)15-11-22-24(12-15)16-3-6-25-7-4-16/h2,5,8-12,16H,3-4,6-7H2,1H3. The Hall–Kier alpha value is -2.73. The molecule has 6 heteroatoms. The summed E-state index contributed by atoms with van der Waals surface area (Å²) in [6.07, 6.45) is 11.9. The zero-order chi connectivity index (χ0) is 16.8. The fourth-order valence-corrected chi connectivity index (χ4v) is 3.56. The molecule has 1 aliphatic rings. The smallest absolute Gasteiger partial charge is 0.146 e. The first-order valence-electron chi connectivity index (χ1n) is 8.64. The molecule has 1 fully saturated rings. The van der Waals surface area contributed by atoms with Crippen molar-refractivity contribution in [1.82, 2.24) is 24.1 Å². The van der Waals surface area contributed by atoms with Gasteiger partial charge in [-0.2, -0.15) is 5.10 Å². The number of imidazole rings is 1. The Morgan fingerprint density at radius 3 is 2.84 bits per heavy atom. The van der Waals surface area contributed by atoms with Gasteiger partial charge in [0, 0.05) is 60.2 Å². The fraction of sp³-hybridized carbons (Fsp3) is 0.316. The van der Waals surface area contributed by atoms with Crippen LogP contribution in [0.25, 0.3) is 27.7 Å². The number of ether oxygens (including phenoxy) is 1. The molecule has 0 bridgehead atoms. The van der Waals surface area contributed by atoms with E-state index in [1.165, 1.54) is 0 Å². The van der Waals surface area contributed by atoms with E-state index >= 15 is 0 Å². The second-order valence-electron chi connectivity index (χ2n) is 6.62. The van der Waals surface area contributed by atoms with Crippen LogP contribution in [0, 0.1) is 6.92 Å². The summed E-state index contributed by atoms with van der Waals surface area (Å²) in [6.45, 7) is 3.68. The Kier molecular flexibility index (Phi) is 3.31. The molecule has 0 N–H and O–H groups in total. The highest BCUT2D eigenvalue weighted by atomic mass is 16.5. The van der Waals surface area contributed by atoms with Crippen molar-refractivity contribution in [3.8, 4) is 11.1 Å². The van der Waals surface area contributed by atoms with Gasteiger partial charge in [0.15, 0.2) is 0 Å². The van der Waals surface area contributed by atoms with Crippen LogP contribution in [0.1, 0.15) is 24.6 Å². The van der Waals surface area contributed by atoms with Crippen LogP contribution in [0.4, 0.5) is 0 Å². The van der Waals surface area contributed by atoms with E-state index in [4.69, 9.17) is 4.74 Å². The summed E-state index contributed by atoms with van der Waals surface area (Å²) in [5.74, 6) is 0. The highest BCUT2D eigenvalue weighted by Gasteiger charge is 2.17. The van der Waals surface area contributed by atoms with Crippen LogP contribution >= 0.6 is 0 Å². The van der Waals surface area contributed by atoms with E-state index in [1.54, 1.807) is 0 Å². The number of nitrogens with zero attached hydrogens (tertiary/aromatic N) is 5. The van der Waals surface area contributed by atoms with Crippen LogP contribution < -0.4 is 0 Å². The van der Waals surface area contributed by atoms with Crippen molar-refractivity contribution in [3.63, 3.8) is 0 Å². The molecule has 25 heavy (non-hydrogen) atoms. The molecule has 1 aliphatic heterocycles. The third-order valence-electron chi connectivity index (χ3n) is 5.02. The number of pyridine rings is 2. The summed E-state index contributed by atoms with van der Waals surface area (Å²) < 4.78 is 9.61. The summed E-state index contributed by atoms with van der Waals surface area (Å²) >= 11 is 0. The topological polar surface area (TPSA) is 57.2 Å². The summed E-state index contributed by atoms with van der Waals surface area (Å²) in [4.78, 5) is 9.18. The van der Waals surface area contributed by atoms with Crippen LogP contribution in [-0.2, 0) is 4.74 Å². The van der Waals surface area contributed by atoms with E-state index in [2.05, 4.69) is 43.3 Å². The molecule has 0 radical (unpaired) electrons.